The highest BCUT2D eigenvalue weighted by Gasteiger charge is 2.34. The largest absolute Gasteiger partial charge is 0.628 e. The number of cyclic esters (lactones) is 1. The Morgan fingerprint density at radius 3 is 2.62 bits per heavy atom. The van der Waals surface area contributed by atoms with Gasteiger partial charge in [0.05, 0.1) is 11.4 Å². The van der Waals surface area contributed by atoms with Crippen molar-refractivity contribution < 1.29 is 19.6 Å². The fourth-order valence-corrected chi connectivity index (χ4v) is 4.81. The third-order valence-electron chi connectivity index (χ3n) is 6.55. The van der Waals surface area contributed by atoms with Gasteiger partial charge in [-0.25, -0.2) is 4.79 Å². The summed E-state index contributed by atoms with van der Waals surface area (Å²) in [7, 11) is 0. The zero-order chi connectivity index (χ0) is 24.2. The number of benzene rings is 2. The first-order valence-electron chi connectivity index (χ1n) is 11.8. The van der Waals surface area contributed by atoms with E-state index in [2.05, 4.69) is 5.32 Å². The molecule has 0 saturated carbocycles. The summed E-state index contributed by atoms with van der Waals surface area (Å²) in [6, 6.07) is 12.4. The molecule has 1 atom stereocenters. The second-order valence-electron chi connectivity index (χ2n) is 8.95. The molecule has 0 radical (unpaired) electrons. The number of amides is 2. The molecule has 2 aromatic rings. The fraction of sp³-hybridized carbons (Fsp3) is 0.440. The van der Waals surface area contributed by atoms with Gasteiger partial charge in [-0.05, 0) is 44.4 Å². The maximum absolute atomic E-state index is 12.6. The van der Waals surface area contributed by atoms with Gasteiger partial charge in [0.1, 0.15) is 6.61 Å². The standard InChI is InChI=1S/C25H31N4O5/c1-3-6-17(2)26-24(30)18-9-10-22(23(15-18)29(32)33)27-13-11-20(12-14-27)28-21-8-5-4-7-19(21)16-34-25(28)31/h4-5,7-10,15,17,20,29H,3,6,11-14,16H2,1-2H3,(H,26,30)/q-1. The molecule has 2 aromatic carbocycles. The number of nitrogens with one attached hydrogen (secondary N) is 2. The Kier molecular flexibility index (Phi) is 7.35. The first kappa shape index (κ1) is 24.0. The Morgan fingerprint density at radius 2 is 1.91 bits per heavy atom. The Morgan fingerprint density at radius 1 is 1.18 bits per heavy atom. The summed E-state index contributed by atoms with van der Waals surface area (Å²) in [6.45, 7) is 5.38. The van der Waals surface area contributed by atoms with E-state index in [4.69, 9.17) is 4.74 Å². The normalized spacial score (nSPS) is 17.4. The average Bonchev–Trinajstić information content (AvgIpc) is 2.84. The van der Waals surface area contributed by atoms with Crippen molar-refractivity contribution in [1.82, 2.24) is 5.32 Å². The van der Waals surface area contributed by atoms with Crippen LogP contribution in [-0.4, -0.2) is 37.2 Å². The Bertz CT molecular complexity index is 1040. The molecule has 4 rings (SSSR count). The number of nitrogens with zero attached hydrogens (tertiary/aromatic N) is 2. The molecule has 182 valence electrons. The number of quaternary nitrogens is 1. The zero-order valence-electron chi connectivity index (χ0n) is 19.6. The quantitative estimate of drug-likeness (QED) is 0.605. The molecule has 2 N–H and O–H groups in total. The number of piperidine rings is 1. The topological polar surface area (TPSA) is 112 Å². The number of fused-ring (bicyclic) bond motifs is 1. The summed E-state index contributed by atoms with van der Waals surface area (Å²) >= 11 is 0. The molecule has 0 aromatic heterocycles. The molecule has 9 heteroatoms. The highest BCUT2D eigenvalue weighted by molar-refractivity contribution is 5.96. The van der Waals surface area contributed by atoms with Crippen LogP contribution in [0.15, 0.2) is 42.5 Å². The molecule has 34 heavy (non-hydrogen) atoms. The predicted molar refractivity (Wildman–Crippen MR) is 130 cm³/mol. The van der Waals surface area contributed by atoms with Crippen LogP contribution in [0.5, 0.6) is 0 Å². The van der Waals surface area contributed by atoms with Crippen LogP contribution in [0, 0.1) is 10.4 Å². The molecule has 0 spiro atoms. The van der Waals surface area contributed by atoms with Gasteiger partial charge in [-0.1, -0.05) is 31.5 Å². The van der Waals surface area contributed by atoms with Crippen LogP contribution in [0.1, 0.15) is 55.5 Å². The highest BCUT2D eigenvalue weighted by atomic mass is 16.8. The third kappa shape index (κ3) is 5.01. The van der Waals surface area contributed by atoms with Crippen LogP contribution < -0.4 is 20.3 Å². The van der Waals surface area contributed by atoms with E-state index in [1.807, 2.05) is 43.0 Å². The monoisotopic (exact) mass is 467 g/mol. The summed E-state index contributed by atoms with van der Waals surface area (Å²) in [6.07, 6.45) is 2.77. The lowest BCUT2D eigenvalue weighted by Crippen LogP contribution is -2.96. The van der Waals surface area contributed by atoms with Crippen LogP contribution >= 0.6 is 0 Å². The minimum absolute atomic E-state index is 0.00280. The summed E-state index contributed by atoms with van der Waals surface area (Å²) in [5.41, 5.74) is 2.68. The van der Waals surface area contributed by atoms with Crippen molar-refractivity contribution in [2.24, 2.45) is 0 Å². The van der Waals surface area contributed by atoms with E-state index in [1.54, 1.807) is 17.0 Å². The zero-order valence-corrected chi connectivity index (χ0v) is 19.6. The first-order valence-corrected chi connectivity index (χ1v) is 11.8. The summed E-state index contributed by atoms with van der Waals surface area (Å²) in [5, 5.41) is 25.4. The van der Waals surface area contributed by atoms with Gasteiger partial charge in [0.15, 0.2) is 5.69 Å². The van der Waals surface area contributed by atoms with Crippen molar-refractivity contribution in [2.75, 3.05) is 22.9 Å². The molecule has 1 unspecified atom stereocenters. The lowest BCUT2D eigenvalue weighted by Gasteiger charge is -2.41. The highest BCUT2D eigenvalue weighted by Crippen LogP contribution is 2.34. The minimum atomic E-state index is -1.32. The van der Waals surface area contributed by atoms with E-state index >= 15 is 0 Å². The van der Waals surface area contributed by atoms with Crippen LogP contribution in [0.4, 0.5) is 21.9 Å². The van der Waals surface area contributed by atoms with E-state index in [0.29, 0.717) is 37.2 Å². The number of carbonyl (C=O) groups excluding carboxylic acids is 2. The molecular weight excluding hydrogens is 436 g/mol. The average molecular weight is 468 g/mol. The van der Waals surface area contributed by atoms with Crippen molar-refractivity contribution >= 4 is 29.1 Å². The molecule has 2 heterocycles. The van der Waals surface area contributed by atoms with Crippen LogP contribution in [-0.2, 0) is 11.3 Å². The number of ether oxygens (including phenoxy) is 1. The smallest absolute Gasteiger partial charge is 0.414 e. The number of para-hydroxylation sites is 1. The Balaban J connectivity index is 1.48. The van der Waals surface area contributed by atoms with Crippen molar-refractivity contribution in [2.45, 2.75) is 58.2 Å². The summed E-state index contributed by atoms with van der Waals surface area (Å²) in [5.74, 6) is -0.295. The molecule has 9 nitrogen and oxygen atoms in total. The van der Waals surface area contributed by atoms with Crippen molar-refractivity contribution in [3.63, 3.8) is 0 Å². The van der Waals surface area contributed by atoms with Crippen LogP contribution in [0.25, 0.3) is 0 Å². The summed E-state index contributed by atoms with van der Waals surface area (Å²) < 4.78 is 5.36. The van der Waals surface area contributed by atoms with Crippen molar-refractivity contribution in [1.29, 1.82) is 0 Å². The SMILES string of the molecule is CCCC(C)NC(=O)c1ccc(N2CCC(N3C(=O)OCc4ccccc43)CC2)c([NH+]([O-])[O-])c1. The molecule has 1 fully saturated rings. The van der Waals surface area contributed by atoms with Gasteiger partial charge in [0.25, 0.3) is 5.91 Å². The maximum Gasteiger partial charge on any atom is 0.414 e. The van der Waals surface area contributed by atoms with E-state index in [0.717, 1.165) is 24.1 Å². The summed E-state index contributed by atoms with van der Waals surface area (Å²) in [4.78, 5) is 28.8. The van der Waals surface area contributed by atoms with Gasteiger partial charge in [-0.3, -0.25) is 9.69 Å². The van der Waals surface area contributed by atoms with E-state index in [9.17, 15) is 20.0 Å². The molecule has 2 amide bonds. The predicted octanol–water partition coefficient (Wildman–Crippen LogP) is 3.24. The molecule has 0 bridgehead atoms. The van der Waals surface area contributed by atoms with Gasteiger partial charge in [-0.2, -0.15) is 0 Å². The van der Waals surface area contributed by atoms with Crippen LogP contribution in [0.2, 0.25) is 0 Å². The van der Waals surface area contributed by atoms with Gasteiger partial charge in [0, 0.05) is 42.4 Å². The maximum atomic E-state index is 12.6. The van der Waals surface area contributed by atoms with Crippen LogP contribution in [0.3, 0.4) is 0 Å². The number of anilines is 2. The van der Waals surface area contributed by atoms with E-state index < -0.39 is 5.23 Å². The van der Waals surface area contributed by atoms with Crippen molar-refractivity contribution in [3.05, 3.63) is 64.0 Å². The van der Waals surface area contributed by atoms with E-state index in [1.165, 1.54) is 6.07 Å². The minimum Gasteiger partial charge on any atom is -0.628 e. The molecular formula is C25H31N4O5-. The fourth-order valence-electron chi connectivity index (χ4n) is 4.81. The second kappa shape index (κ2) is 10.4. The van der Waals surface area contributed by atoms with Gasteiger partial charge < -0.3 is 30.6 Å². The Labute approximate surface area is 199 Å². The number of rotatable bonds is 7. The van der Waals surface area contributed by atoms with Gasteiger partial charge >= 0.3 is 6.09 Å². The van der Waals surface area contributed by atoms with Gasteiger partial charge in [-0.15, -0.1) is 0 Å². The van der Waals surface area contributed by atoms with E-state index in [-0.39, 0.29) is 36.4 Å². The third-order valence-corrected chi connectivity index (χ3v) is 6.55. The molecule has 0 aliphatic carbocycles. The lowest BCUT2D eigenvalue weighted by atomic mass is 9.99. The molecule has 2 aliphatic heterocycles. The first-order chi connectivity index (χ1) is 16.4. The van der Waals surface area contributed by atoms with Gasteiger partial charge in [0.2, 0.25) is 0 Å². The molecule has 2 aliphatic rings. The number of hydrogen-bond donors (Lipinski definition) is 2. The molecule has 1 saturated heterocycles. The number of hydrogen-bond acceptors (Lipinski definition) is 6. The van der Waals surface area contributed by atoms with Crippen molar-refractivity contribution in [3.8, 4) is 0 Å². The lowest BCUT2D eigenvalue weighted by molar-refractivity contribution is -0.714. The Hall–Kier alpha value is -3.14. The second-order valence-corrected chi connectivity index (χ2v) is 8.95. The number of carbonyl (C=O) groups is 2.